The van der Waals surface area contributed by atoms with Crippen LogP contribution >= 0.6 is 55.0 Å². The number of fused-ring (bicyclic) bond motifs is 9. The quantitative estimate of drug-likeness (QED) is 0.407. The van der Waals surface area contributed by atoms with Crippen LogP contribution in [0.5, 0.6) is 5.75 Å². The van der Waals surface area contributed by atoms with Gasteiger partial charge in [0.15, 0.2) is 0 Å². The number of halogens is 2. The van der Waals surface area contributed by atoms with Gasteiger partial charge >= 0.3 is 16.8 Å². The Morgan fingerprint density at radius 3 is 2.59 bits per heavy atom. The van der Waals surface area contributed by atoms with Crippen molar-refractivity contribution in [3.05, 3.63) is 41.2 Å². The summed E-state index contributed by atoms with van der Waals surface area (Å²) in [7, 11) is 0. The second kappa shape index (κ2) is 6.21. The summed E-state index contributed by atoms with van der Waals surface area (Å²) in [6.45, 7) is 0. The van der Waals surface area contributed by atoms with E-state index in [4.69, 9.17) is 4.74 Å². The minimum atomic E-state index is -0.414. The fourth-order valence-corrected chi connectivity index (χ4v) is 10.1. The molecule has 2 saturated carbocycles. The smallest absolute Gasteiger partial charge is 0.317 e. The molecule has 3 heterocycles. The van der Waals surface area contributed by atoms with E-state index in [9.17, 15) is 19.5 Å². The number of aromatic hydroxyl groups is 1. The molecule has 1 saturated heterocycles. The Labute approximate surface area is 189 Å². The van der Waals surface area contributed by atoms with E-state index in [2.05, 4.69) is 36.8 Å². The summed E-state index contributed by atoms with van der Waals surface area (Å²) in [6.07, 6.45) is 0.796. The van der Waals surface area contributed by atoms with Crippen molar-refractivity contribution in [2.75, 3.05) is 0 Å². The van der Waals surface area contributed by atoms with E-state index in [1.807, 2.05) is 6.07 Å². The highest BCUT2D eigenvalue weighted by Gasteiger charge is 2.69. The van der Waals surface area contributed by atoms with Gasteiger partial charge in [0.1, 0.15) is 5.75 Å². The fourth-order valence-electron chi connectivity index (χ4n) is 5.99. The van der Waals surface area contributed by atoms with E-state index < -0.39 is 17.9 Å². The number of cyclic esters (lactones) is 2. The number of phenols is 1. The number of hydrogen-bond acceptors (Lipinski definition) is 7. The second-order valence-electron chi connectivity index (χ2n) is 8.03. The average Bonchev–Trinajstić information content (AvgIpc) is 3.37. The zero-order valence-corrected chi connectivity index (χ0v) is 19.4. The van der Waals surface area contributed by atoms with E-state index in [-0.39, 0.29) is 45.5 Å². The van der Waals surface area contributed by atoms with Crippen molar-refractivity contribution in [2.45, 2.75) is 22.6 Å². The number of thioether (sulfide) groups is 1. The summed E-state index contributed by atoms with van der Waals surface area (Å²) in [5.41, 5.74) is 0.722. The summed E-state index contributed by atoms with van der Waals surface area (Å²) in [5, 5.41) is 11.8. The third-order valence-electron chi connectivity index (χ3n) is 6.85. The SMILES string of the molecule is O=C1OC(=O)C2C3CC(C4Sc5[nH]c(=O)sc5C(c5cc(Br)cc(Br)c5O)C34)C12. The first-order valence-corrected chi connectivity index (χ1v) is 12.5. The fraction of sp³-hybridized carbons (Fsp3) is 0.421. The molecule has 7 atom stereocenters. The Bertz CT molecular complexity index is 1160. The van der Waals surface area contributed by atoms with Crippen molar-refractivity contribution >= 4 is 66.9 Å². The number of thiazole rings is 1. The van der Waals surface area contributed by atoms with Crippen LogP contribution in [0.1, 0.15) is 22.8 Å². The monoisotopic (exact) mass is 557 g/mol. The maximum absolute atomic E-state index is 12.4. The number of benzene rings is 1. The van der Waals surface area contributed by atoms with Gasteiger partial charge in [-0.3, -0.25) is 14.4 Å². The summed E-state index contributed by atoms with van der Waals surface area (Å²) in [5.74, 6) is -1.62. The van der Waals surface area contributed by atoms with E-state index >= 15 is 0 Å². The third kappa shape index (κ3) is 2.43. The number of H-pyrrole nitrogens is 1. The van der Waals surface area contributed by atoms with Crippen LogP contribution in [0.15, 0.2) is 30.9 Å². The lowest BCUT2D eigenvalue weighted by Gasteiger charge is -2.42. The Morgan fingerprint density at radius 1 is 1.10 bits per heavy atom. The topological polar surface area (TPSA) is 96.5 Å². The number of aromatic nitrogens is 1. The molecule has 2 aliphatic heterocycles. The van der Waals surface area contributed by atoms with Crippen molar-refractivity contribution in [3.8, 4) is 5.75 Å². The predicted molar refractivity (Wildman–Crippen MR) is 113 cm³/mol. The number of nitrogens with one attached hydrogen (secondary N) is 1. The Balaban J connectivity index is 1.56. The van der Waals surface area contributed by atoms with Gasteiger partial charge in [-0.25, -0.2) is 0 Å². The highest BCUT2D eigenvalue weighted by Crippen LogP contribution is 2.68. The minimum Gasteiger partial charge on any atom is -0.506 e. The standard InChI is InChI=1S/C19H13Br2NO5S2/c20-4-1-6(13(23)8(21)2-4)10-9-5-3-7(12-11(5)17(24)27-18(12)25)14(9)28-16-15(10)29-19(26)22-16/h1-2,5,7,9-12,14,23H,3H2,(H,22,26). The maximum Gasteiger partial charge on any atom is 0.317 e. The molecular weight excluding hydrogens is 546 g/mol. The summed E-state index contributed by atoms with van der Waals surface area (Å²) in [6, 6.07) is 3.66. The number of esters is 2. The van der Waals surface area contributed by atoms with Crippen molar-refractivity contribution in [3.63, 3.8) is 0 Å². The predicted octanol–water partition coefficient (Wildman–Crippen LogP) is 3.85. The van der Waals surface area contributed by atoms with Gasteiger partial charge < -0.3 is 14.8 Å². The van der Waals surface area contributed by atoms with Crippen LogP contribution in [0.3, 0.4) is 0 Å². The molecule has 6 nitrogen and oxygen atoms in total. The molecule has 2 bridgehead atoms. The summed E-state index contributed by atoms with van der Waals surface area (Å²) >= 11 is 9.69. The van der Waals surface area contributed by atoms with Crippen LogP contribution in [-0.2, 0) is 14.3 Å². The van der Waals surface area contributed by atoms with Crippen LogP contribution in [0.25, 0.3) is 0 Å². The molecule has 10 heteroatoms. The second-order valence-corrected chi connectivity index (χ2v) is 12.0. The van der Waals surface area contributed by atoms with Gasteiger partial charge in [-0.1, -0.05) is 27.3 Å². The number of phenolic OH excluding ortho intramolecular Hbond substituents is 1. The maximum atomic E-state index is 12.4. The Morgan fingerprint density at radius 2 is 1.83 bits per heavy atom. The summed E-state index contributed by atoms with van der Waals surface area (Å²) in [4.78, 5) is 40.6. The van der Waals surface area contributed by atoms with Gasteiger partial charge in [-0.2, -0.15) is 0 Å². The number of ether oxygens (including phenoxy) is 1. The first kappa shape index (κ1) is 18.7. The molecule has 29 heavy (non-hydrogen) atoms. The van der Waals surface area contributed by atoms with Crippen molar-refractivity contribution in [2.24, 2.45) is 29.6 Å². The molecule has 7 unspecified atom stereocenters. The lowest BCUT2D eigenvalue weighted by Crippen LogP contribution is -2.42. The number of rotatable bonds is 1. The molecule has 150 valence electrons. The molecule has 0 spiro atoms. The van der Waals surface area contributed by atoms with Gasteiger partial charge in [-0.15, -0.1) is 11.8 Å². The van der Waals surface area contributed by atoms with Crippen molar-refractivity contribution < 1.29 is 19.4 Å². The normalized spacial score (nSPS) is 36.7. The van der Waals surface area contributed by atoms with Gasteiger partial charge in [0.2, 0.25) is 0 Å². The van der Waals surface area contributed by atoms with Crippen molar-refractivity contribution in [1.29, 1.82) is 0 Å². The van der Waals surface area contributed by atoms with E-state index in [1.54, 1.807) is 17.8 Å². The zero-order chi connectivity index (χ0) is 20.2. The van der Waals surface area contributed by atoms with Crippen LogP contribution in [-0.4, -0.2) is 27.3 Å². The Kier molecular flexibility index (Phi) is 3.99. The van der Waals surface area contributed by atoms with Gasteiger partial charge in [0, 0.05) is 26.1 Å². The summed E-state index contributed by atoms with van der Waals surface area (Å²) < 4.78 is 6.37. The molecule has 0 radical (unpaired) electrons. The number of carbonyl (C=O) groups is 2. The van der Waals surface area contributed by atoms with Crippen LogP contribution < -0.4 is 4.87 Å². The van der Waals surface area contributed by atoms with Crippen LogP contribution in [0, 0.1) is 29.6 Å². The molecule has 3 fully saturated rings. The molecule has 2 aromatic rings. The number of hydrogen-bond donors (Lipinski definition) is 2. The van der Waals surface area contributed by atoms with Crippen LogP contribution in [0.2, 0.25) is 0 Å². The molecule has 1 aromatic carbocycles. The molecule has 2 aliphatic carbocycles. The number of aromatic amines is 1. The molecule has 2 N–H and O–H groups in total. The van der Waals surface area contributed by atoms with Crippen molar-refractivity contribution in [1.82, 2.24) is 4.98 Å². The molecule has 4 aliphatic rings. The lowest BCUT2D eigenvalue weighted by molar-refractivity contribution is -0.154. The third-order valence-corrected chi connectivity index (χ3v) is 10.5. The highest BCUT2D eigenvalue weighted by molar-refractivity contribution is 9.11. The van der Waals surface area contributed by atoms with Crippen LogP contribution in [0.4, 0.5) is 0 Å². The van der Waals surface area contributed by atoms with E-state index in [0.717, 1.165) is 37.7 Å². The van der Waals surface area contributed by atoms with Gasteiger partial charge in [-0.05, 0) is 52.2 Å². The molecular formula is C19H13Br2NO5S2. The zero-order valence-electron chi connectivity index (χ0n) is 14.6. The molecule has 0 amide bonds. The Hall–Kier alpha value is -1.10. The minimum absolute atomic E-state index is 0.00559. The molecule has 1 aromatic heterocycles. The van der Waals surface area contributed by atoms with Gasteiger partial charge in [0.25, 0.3) is 0 Å². The first-order chi connectivity index (χ1) is 13.8. The van der Waals surface area contributed by atoms with Gasteiger partial charge in [0.05, 0.1) is 21.3 Å². The molecule has 6 rings (SSSR count). The number of carbonyl (C=O) groups excluding carboxylic acids is 2. The largest absolute Gasteiger partial charge is 0.506 e. The average molecular weight is 559 g/mol. The van der Waals surface area contributed by atoms with E-state index in [0.29, 0.717) is 4.47 Å². The highest BCUT2D eigenvalue weighted by atomic mass is 79.9. The first-order valence-electron chi connectivity index (χ1n) is 9.18. The lowest BCUT2D eigenvalue weighted by atomic mass is 9.68. The van der Waals surface area contributed by atoms with E-state index in [1.165, 1.54) is 0 Å².